The van der Waals surface area contributed by atoms with Crippen LogP contribution >= 0.6 is 15.9 Å². The topological polar surface area (TPSA) is 49.3 Å². The molecular weight excluding hydrogens is 277 g/mol. The molecule has 1 aliphatic rings. The van der Waals surface area contributed by atoms with Gasteiger partial charge in [0.15, 0.2) is 0 Å². The van der Waals surface area contributed by atoms with E-state index in [9.17, 15) is 9.18 Å². The Labute approximate surface area is 101 Å². The van der Waals surface area contributed by atoms with Crippen molar-refractivity contribution in [2.45, 2.75) is 18.4 Å². The number of halogens is 2. The predicted molar refractivity (Wildman–Crippen MR) is 60.9 cm³/mol. The molecule has 1 fully saturated rings. The average molecular weight is 288 g/mol. The molecule has 2 N–H and O–H groups in total. The molecule has 1 aromatic rings. The number of aliphatic carboxylic acids is 1. The van der Waals surface area contributed by atoms with Gasteiger partial charge in [-0.2, -0.15) is 0 Å². The van der Waals surface area contributed by atoms with Gasteiger partial charge in [0.05, 0.1) is 0 Å². The first kappa shape index (κ1) is 11.5. The van der Waals surface area contributed by atoms with Crippen molar-refractivity contribution in [3.8, 4) is 0 Å². The number of benzene rings is 1. The lowest BCUT2D eigenvalue weighted by Gasteiger charge is -2.16. The van der Waals surface area contributed by atoms with Gasteiger partial charge in [-0.1, -0.05) is 15.9 Å². The van der Waals surface area contributed by atoms with Crippen LogP contribution in [0.1, 0.15) is 17.9 Å². The van der Waals surface area contributed by atoms with Crippen molar-refractivity contribution < 1.29 is 14.3 Å². The van der Waals surface area contributed by atoms with Crippen LogP contribution in [-0.4, -0.2) is 23.7 Å². The third-order valence-corrected chi connectivity index (χ3v) is 3.34. The molecule has 16 heavy (non-hydrogen) atoms. The van der Waals surface area contributed by atoms with Crippen LogP contribution in [0.3, 0.4) is 0 Å². The van der Waals surface area contributed by atoms with E-state index in [-0.39, 0.29) is 11.7 Å². The SMILES string of the molecule is O=C(O)C1NCCC1c1cc(Br)ccc1F. The van der Waals surface area contributed by atoms with Gasteiger partial charge in [0.1, 0.15) is 11.9 Å². The number of carboxylic acid groups (broad SMARTS) is 1. The maximum absolute atomic E-state index is 13.6. The number of nitrogens with one attached hydrogen (secondary N) is 1. The van der Waals surface area contributed by atoms with E-state index in [0.717, 1.165) is 4.47 Å². The van der Waals surface area contributed by atoms with Crippen molar-refractivity contribution in [1.82, 2.24) is 5.32 Å². The Morgan fingerprint density at radius 2 is 2.31 bits per heavy atom. The molecule has 0 spiro atoms. The van der Waals surface area contributed by atoms with E-state index in [1.54, 1.807) is 12.1 Å². The fourth-order valence-electron chi connectivity index (χ4n) is 2.10. The summed E-state index contributed by atoms with van der Waals surface area (Å²) < 4.78 is 14.4. The predicted octanol–water partition coefficient (Wildman–Crippen LogP) is 2.12. The van der Waals surface area contributed by atoms with Gasteiger partial charge in [0, 0.05) is 10.4 Å². The minimum atomic E-state index is -0.929. The summed E-state index contributed by atoms with van der Waals surface area (Å²) in [5.74, 6) is -1.57. The van der Waals surface area contributed by atoms with Gasteiger partial charge >= 0.3 is 5.97 Å². The zero-order valence-electron chi connectivity index (χ0n) is 8.41. The molecule has 2 atom stereocenters. The van der Waals surface area contributed by atoms with Crippen LogP contribution in [0, 0.1) is 5.82 Å². The summed E-state index contributed by atoms with van der Waals surface area (Å²) in [6, 6.07) is 3.93. The Morgan fingerprint density at radius 1 is 1.56 bits per heavy atom. The lowest BCUT2D eigenvalue weighted by molar-refractivity contribution is -0.139. The Kier molecular flexibility index (Phi) is 3.25. The normalized spacial score (nSPS) is 24.6. The Bertz CT molecular complexity index is 424. The molecule has 5 heteroatoms. The second kappa shape index (κ2) is 4.51. The summed E-state index contributed by atoms with van der Waals surface area (Å²) in [5, 5.41) is 11.9. The molecule has 1 heterocycles. The molecule has 1 saturated heterocycles. The molecule has 0 radical (unpaired) electrons. The Morgan fingerprint density at radius 3 is 3.00 bits per heavy atom. The van der Waals surface area contributed by atoms with Crippen molar-refractivity contribution in [3.63, 3.8) is 0 Å². The van der Waals surface area contributed by atoms with Crippen molar-refractivity contribution in [2.75, 3.05) is 6.54 Å². The molecule has 0 saturated carbocycles. The van der Waals surface area contributed by atoms with E-state index in [1.165, 1.54) is 6.07 Å². The lowest BCUT2D eigenvalue weighted by atomic mass is 9.91. The lowest BCUT2D eigenvalue weighted by Crippen LogP contribution is -2.34. The second-order valence-electron chi connectivity index (χ2n) is 3.83. The van der Waals surface area contributed by atoms with Gasteiger partial charge < -0.3 is 10.4 Å². The standard InChI is InChI=1S/C11H11BrFNO2/c12-6-1-2-9(13)8(5-6)7-3-4-14-10(7)11(15)16/h1-2,5,7,10,14H,3-4H2,(H,15,16). The average Bonchev–Trinajstić information content (AvgIpc) is 2.70. The van der Waals surface area contributed by atoms with E-state index in [4.69, 9.17) is 5.11 Å². The molecule has 0 aliphatic carbocycles. The third kappa shape index (κ3) is 2.10. The number of rotatable bonds is 2. The van der Waals surface area contributed by atoms with Crippen LogP contribution in [0.4, 0.5) is 4.39 Å². The van der Waals surface area contributed by atoms with Gasteiger partial charge in [-0.3, -0.25) is 4.79 Å². The van der Waals surface area contributed by atoms with Crippen LogP contribution in [0.15, 0.2) is 22.7 Å². The molecule has 2 rings (SSSR count). The molecule has 1 aromatic carbocycles. The van der Waals surface area contributed by atoms with Crippen molar-refractivity contribution in [1.29, 1.82) is 0 Å². The van der Waals surface area contributed by atoms with Gasteiger partial charge in [0.2, 0.25) is 0 Å². The highest BCUT2D eigenvalue weighted by molar-refractivity contribution is 9.10. The zero-order valence-corrected chi connectivity index (χ0v) is 10.00. The van der Waals surface area contributed by atoms with E-state index in [0.29, 0.717) is 18.5 Å². The first-order valence-corrected chi connectivity index (χ1v) is 5.80. The quantitative estimate of drug-likeness (QED) is 0.876. The van der Waals surface area contributed by atoms with E-state index >= 15 is 0 Å². The molecule has 0 bridgehead atoms. The Balaban J connectivity index is 2.35. The number of carboxylic acids is 1. The third-order valence-electron chi connectivity index (χ3n) is 2.85. The zero-order chi connectivity index (χ0) is 11.7. The minimum absolute atomic E-state index is 0.296. The van der Waals surface area contributed by atoms with Gasteiger partial charge in [0.25, 0.3) is 0 Å². The Hall–Kier alpha value is -0.940. The van der Waals surface area contributed by atoms with Crippen LogP contribution in [0.5, 0.6) is 0 Å². The van der Waals surface area contributed by atoms with Crippen LogP contribution < -0.4 is 5.32 Å². The summed E-state index contributed by atoms with van der Waals surface area (Å²) in [6.07, 6.45) is 0.643. The summed E-state index contributed by atoms with van der Waals surface area (Å²) in [4.78, 5) is 11.0. The molecule has 2 unspecified atom stereocenters. The maximum atomic E-state index is 13.6. The highest BCUT2D eigenvalue weighted by Crippen LogP contribution is 2.31. The number of carbonyl (C=O) groups is 1. The summed E-state index contributed by atoms with van der Waals surface area (Å²) in [5.41, 5.74) is 0.465. The first-order valence-electron chi connectivity index (χ1n) is 5.00. The summed E-state index contributed by atoms with van der Waals surface area (Å²) in [6.45, 7) is 0.605. The van der Waals surface area contributed by atoms with E-state index in [1.807, 2.05) is 0 Å². The fourth-order valence-corrected chi connectivity index (χ4v) is 2.48. The molecular formula is C11H11BrFNO2. The summed E-state index contributed by atoms with van der Waals surface area (Å²) >= 11 is 3.27. The van der Waals surface area contributed by atoms with Gasteiger partial charge in [-0.05, 0) is 36.7 Å². The molecule has 3 nitrogen and oxygen atoms in total. The van der Waals surface area contributed by atoms with Crippen LogP contribution in [0.2, 0.25) is 0 Å². The number of hydrogen-bond donors (Lipinski definition) is 2. The molecule has 0 amide bonds. The van der Waals surface area contributed by atoms with Crippen molar-refractivity contribution in [2.24, 2.45) is 0 Å². The molecule has 1 aliphatic heterocycles. The van der Waals surface area contributed by atoms with Crippen molar-refractivity contribution >= 4 is 21.9 Å². The second-order valence-corrected chi connectivity index (χ2v) is 4.75. The minimum Gasteiger partial charge on any atom is -0.480 e. The highest BCUT2D eigenvalue weighted by atomic mass is 79.9. The van der Waals surface area contributed by atoms with E-state index in [2.05, 4.69) is 21.2 Å². The molecule has 0 aromatic heterocycles. The van der Waals surface area contributed by atoms with Crippen molar-refractivity contribution in [3.05, 3.63) is 34.1 Å². The van der Waals surface area contributed by atoms with Crippen LogP contribution in [-0.2, 0) is 4.79 Å². The monoisotopic (exact) mass is 287 g/mol. The summed E-state index contributed by atoms with van der Waals surface area (Å²) in [7, 11) is 0. The first-order chi connectivity index (χ1) is 7.59. The smallest absolute Gasteiger partial charge is 0.321 e. The molecule has 86 valence electrons. The fraction of sp³-hybridized carbons (Fsp3) is 0.364. The number of hydrogen-bond acceptors (Lipinski definition) is 2. The van der Waals surface area contributed by atoms with Gasteiger partial charge in [-0.25, -0.2) is 4.39 Å². The van der Waals surface area contributed by atoms with Gasteiger partial charge in [-0.15, -0.1) is 0 Å². The van der Waals surface area contributed by atoms with Crippen LogP contribution in [0.25, 0.3) is 0 Å². The maximum Gasteiger partial charge on any atom is 0.321 e. The highest BCUT2D eigenvalue weighted by Gasteiger charge is 2.35. The largest absolute Gasteiger partial charge is 0.480 e. The van der Waals surface area contributed by atoms with E-state index < -0.39 is 12.0 Å².